The Labute approximate surface area is 383 Å². The molecule has 0 N–H and O–H groups in total. The van der Waals surface area contributed by atoms with Crippen molar-refractivity contribution in [1.29, 1.82) is 0 Å². The van der Waals surface area contributed by atoms with E-state index in [2.05, 4.69) is 118 Å². The van der Waals surface area contributed by atoms with E-state index in [1.807, 2.05) is 0 Å². The summed E-state index contributed by atoms with van der Waals surface area (Å²) < 4.78 is 17.3. The molecule has 5 nitrogen and oxygen atoms in total. The van der Waals surface area contributed by atoms with Crippen molar-refractivity contribution in [2.24, 2.45) is 0 Å². The third kappa shape index (κ3) is 49.5. The monoisotopic (exact) mass is 861 g/mol. The van der Waals surface area contributed by atoms with Crippen molar-refractivity contribution in [3.8, 4) is 0 Å². The Kier molecular flexibility index (Phi) is 49.5. The summed E-state index contributed by atoms with van der Waals surface area (Å²) in [5, 5.41) is 0. The highest BCUT2D eigenvalue weighted by Crippen LogP contribution is 2.13. The second kappa shape index (κ2) is 52.2. The van der Waals surface area contributed by atoms with E-state index in [0.29, 0.717) is 19.4 Å². The number of esters is 2. The Morgan fingerprint density at radius 2 is 0.726 bits per heavy atom. The summed E-state index contributed by atoms with van der Waals surface area (Å²) in [6, 6.07) is 0. The number of hydrogen-bond acceptors (Lipinski definition) is 5. The number of ether oxygens (including phenoxy) is 3. The average molecular weight is 861 g/mol. The molecule has 0 fully saturated rings. The number of carbonyl (C=O) groups excluding carboxylic acids is 2. The van der Waals surface area contributed by atoms with Gasteiger partial charge < -0.3 is 14.2 Å². The van der Waals surface area contributed by atoms with Crippen molar-refractivity contribution < 1.29 is 23.8 Å². The van der Waals surface area contributed by atoms with Gasteiger partial charge in [-0.1, -0.05) is 195 Å². The van der Waals surface area contributed by atoms with E-state index in [4.69, 9.17) is 14.2 Å². The van der Waals surface area contributed by atoms with Crippen LogP contribution in [0.25, 0.3) is 0 Å². The lowest BCUT2D eigenvalue weighted by Gasteiger charge is -2.18. The van der Waals surface area contributed by atoms with Crippen molar-refractivity contribution in [1.82, 2.24) is 0 Å². The van der Waals surface area contributed by atoms with Crippen LogP contribution in [-0.4, -0.2) is 37.9 Å². The molecular formula is C57H96O5. The fraction of sp³-hybridized carbons (Fsp3) is 0.684. The predicted octanol–water partition coefficient (Wildman–Crippen LogP) is 17.5. The first kappa shape index (κ1) is 58.8. The molecule has 0 aliphatic carbocycles. The van der Waals surface area contributed by atoms with E-state index in [0.717, 1.165) is 109 Å². The summed E-state index contributed by atoms with van der Waals surface area (Å²) in [6.07, 6.45) is 69.9. The predicted molar refractivity (Wildman–Crippen MR) is 270 cm³/mol. The Bertz CT molecular complexity index is 1200. The maximum Gasteiger partial charge on any atom is 0.306 e. The number of unbranched alkanes of at least 4 members (excludes halogenated alkanes) is 19. The molecule has 0 saturated heterocycles. The van der Waals surface area contributed by atoms with Crippen molar-refractivity contribution in [2.75, 3.05) is 19.8 Å². The van der Waals surface area contributed by atoms with Gasteiger partial charge in [0.25, 0.3) is 0 Å². The molecule has 0 aromatic rings. The van der Waals surface area contributed by atoms with Crippen LogP contribution in [0.4, 0.5) is 0 Å². The minimum Gasteiger partial charge on any atom is -0.462 e. The first-order valence-electron chi connectivity index (χ1n) is 25.8. The van der Waals surface area contributed by atoms with Gasteiger partial charge in [0, 0.05) is 19.4 Å². The lowest BCUT2D eigenvalue weighted by Crippen LogP contribution is -2.30. The highest BCUT2D eigenvalue weighted by atomic mass is 16.6. The zero-order valence-corrected chi connectivity index (χ0v) is 40.6. The van der Waals surface area contributed by atoms with Gasteiger partial charge in [-0.25, -0.2) is 0 Å². The van der Waals surface area contributed by atoms with Crippen LogP contribution >= 0.6 is 0 Å². The summed E-state index contributed by atoms with van der Waals surface area (Å²) in [5.74, 6) is -0.452. The van der Waals surface area contributed by atoms with Crippen LogP contribution in [0, 0.1) is 0 Å². The van der Waals surface area contributed by atoms with Crippen LogP contribution in [0.2, 0.25) is 0 Å². The number of carbonyl (C=O) groups is 2. The molecule has 0 rings (SSSR count). The van der Waals surface area contributed by atoms with Gasteiger partial charge in [-0.15, -0.1) is 0 Å². The lowest BCUT2D eigenvalue weighted by molar-refractivity contribution is -0.163. The standard InChI is InChI=1S/C57H96O5/c1-4-7-10-13-16-19-22-25-27-28-29-30-31-33-35-38-41-44-47-50-56(58)61-54-55(53-60-52-49-46-43-40-37-34-26-23-20-17-14-11-8-5-2)62-57(59)51-48-45-42-39-36-32-24-21-18-15-12-9-6-3/h8-9,11-12,16-21,25-27,32,34,36,55H,4-7,10,13-15,22-24,28-31,33,35,37-54H2,1-3H3/b11-8-,12-9-,19-16-,20-17-,21-18-,27-25-,34-26-,36-32-. The Hall–Kier alpha value is -3.18. The normalized spacial score (nSPS) is 13.0. The van der Waals surface area contributed by atoms with Gasteiger partial charge in [0.1, 0.15) is 6.61 Å². The minimum atomic E-state index is -0.569. The van der Waals surface area contributed by atoms with Gasteiger partial charge in [0.15, 0.2) is 6.10 Å². The van der Waals surface area contributed by atoms with E-state index in [1.165, 1.54) is 83.5 Å². The number of allylic oxidation sites excluding steroid dienone is 16. The quantitative estimate of drug-likeness (QED) is 0.0347. The second-order valence-corrected chi connectivity index (χ2v) is 16.7. The fourth-order valence-corrected chi connectivity index (χ4v) is 6.80. The zero-order chi connectivity index (χ0) is 44.9. The van der Waals surface area contributed by atoms with Crippen molar-refractivity contribution >= 4 is 11.9 Å². The summed E-state index contributed by atoms with van der Waals surface area (Å²) in [6.45, 7) is 7.49. The third-order valence-electron chi connectivity index (χ3n) is 10.6. The molecule has 0 aromatic carbocycles. The van der Waals surface area contributed by atoms with Gasteiger partial charge in [-0.05, 0) is 116 Å². The van der Waals surface area contributed by atoms with Crippen LogP contribution < -0.4 is 0 Å². The number of rotatable bonds is 46. The van der Waals surface area contributed by atoms with Crippen LogP contribution in [0.1, 0.15) is 226 Å². The van der Waals surface area contributed by atoms with Gasteiger partial charge >= 0.3 is 11.9 Å². The van der Waals surface area contributed by atoms with Crippen molar-refractivity contribution in [3.63, 3.8) is 0 Å². The lowest BCUT2D eigenvalue weighted by atomic mass is 10.1. The van der Waals surface area contributed by atoms with Crippen LogP contribution in [0.15, 0.2) is 97.2 Å². The molecule has 0 bridgehead atoms. The molecule has 0 aliphatic rings. The molecule has 354 valence electrons. The molecule has 1 unspecified atom stereocenters. The molecule has 5 heteroatoms. The molecule has 0 spiro atoms. The molecule has 0 amide bonds. The van der Waals surface area contributed by atoms with E-state index in [9.17, 15) is 9.59 Å². The molecule has 0 aromatic heterocycles. The highest BCUT2D eigenvalue weighted by Gasteiger charge is 2.17. The summed E-state index contributed by atoms with van der Waals surface area (Å²) in [5.41, 5.74) is 0. The smallest absolute Gasteiger partial charge is 0.306 e. The molecule has 0 heterocycles. The average Bonchev–Trinajstić information content (AvgIpc) is 3.27. The topological polar surface area (TPSA) is 61.8 Å². The highest BCUT2D eigenvalue weighted by molar-refractivity contribution is 5.70. The maximum absolute atomic E-state index is 12.8. The Balaban J connectivity index is 4.32. The largest absolute Gasteiger partial charge is 0.462 e. The van der Waals surface area contributed by atoms with Crippen LogP contribution in [-0.2, 0) is 23.8 Å². The minimum absolute atomic E-state index is 0.0572. The summed E-state index contributed by atoms with van der Waals surface area (Å²) >= 11 is 0. The van der Waals surface area contributed by atoms with Crippen LogP contribution in [0.3, 0.4) is 0 Å². The third-order valence-corrected chi connectivity index (χ3v) is 10.6. The second-order valence-electron chi connectivity index (χ2n) is 16.7. The first-order valence-corrected chi connectivity index (χ1v) is 25.8. The van der Waals surface area contributed by atoms with Crippen molar-refractivity contribution in [3.05, 3.63) is 97.2 Å². The molecule has 0 radical (unpaired) electrons. The zero-order valence-electron chi connectivity index (χ0n) is 40.6. The summed E-state index contributed by atoms with van der Waals surface area (Å²) in [7, 11) is 0. The van der Waals surface area contributed by atoms with E-state index in [1.54, 1.807) is 0 Å². The van der Waals surface area contributed by atoms with Gasteiger partial charge in [0.05, 0.1) is 6.61 Å². The number of hydrogen-bond donors (Lipinski definition) is 0. The van der Waals surface area contributed by atoms with E-state index >= 15 is 0 Å². The Morgan fingerprint density at radius 1 is 0.371 bits per heavy atom. The van der Waals surface area contributed by atoms with E-state index < -0.39 is 6.10 Å². The SMILES string of the molecule is CC/C=C\C/C=C\C/C=C\CCCCCCOCC(COC(=O)CCCCCCCCCCC/C=C\C/C=C\CCCCC)OC(=O)CCCCC/C=C\C/C=C\C/C=C\CC. The molecule has 62 heavy (non-hydrogen) atoms. The van der Waals surface area contributed by atoms with Gasteiger partial charge in [0.2, 0.25) is 0 Å². The van der Waals surface area contributed by atoms with Crippen LogP contribution in [0.5, 0.6) is 0 Å². The van der Waals surface area contributed by atoms with Crippen molar-refractivity contribution in [2.45, 2.75) is 232 Å². The van der Waals surface area contributed by atoms with E-state index in [-0.39, 0.29) is 25.2 Å². The fourth-order valence-electron chi connectivity index (χ4n) is 6.80. The molecule has 0 saturated carbocycles. The Morgan fingerprint density at radius 3 is 1.18 bits per heavy atom. The molecule has 1 atom stereocenters. The van der Waals surface area contributed by atoms with Gasteiger partial charge in [-0.2, -0.15) is 0 Å². The molecule has 0 aliphatic heterocycles. The van der Waals surface area contributed by atoms with Gasteiger partial charge in [-0.3, -0.25) is 9.59 Å². The maximum atomic E-state index is 12.8. The molecular weight excluding hydrogens is 765 g/mol. The first-order chi connectivity index (χ1) is 30.6. The summed E-state index contributed by atoms with van der Waals surface area (Å²) in [4.78, 5) is 25.4.